The van der Waals surface area contributed by atoms with E-state index in [2.05, 4.69) is 0 Å². The van der Waals surface area contributed by atoms with E-state index in [1.165, 1.54) is 23.4 Å². The minimum atomic E-state index is -3.83. The van der Waals surface area contributed by atoms with Crippen LogP contribution in [0.3, 0.4) is 0 Å². The van der Waals surface area contributed by atoms with Crippen LogP contribution < -0.4 is 5.73 Å². The molecule has 128 valence electrons. The van der Waals surface area contributed by atoms with Gasteiger partial charge in [-0.2, -0.15) is 4.31 Å². The van der Waals surface area contributed by atoms with Crippen molar-refractivity contribution in [3.8, 4) is 0 Å². The number of carbonyl (C=O) groups is 2. The van der Waals surface area contributed by atoms with E-state index in [0.29, 0.717) is 0 Å². The summed E-state index contributed by atoms with van der Waals surface area (Å²) in [6.45, 7) is 5.25. The molecule has 0 spiro atoms. The first kappa shape index (κ1) is 19.4. The summed E-state index contributed by atoms with van der Waals surface area (Å²) >= 11 is 5.97. The third-order valence-corrected chi connectivity index (χ3v) is 5.71. The second-order valence-corrected chi connectivity index (χ2v) is 7.00. The van der Waals surface area contributed by atoms with Crippen LogP contribution in [0.5, 0.6) is 0 Å². The summed E-state index contributed by atoms with van der Waals surface area (Å²) in [5.74, 6) is -1.66. The average Bonchev–Trinajstić information content (AvgIpc) is 2.48. The summed E-state index contributed by atoms with van der Waals surface area (Å²) in [6.07, 6.45) is -1.12. The average molecular weight is 363 g/mol. The molecule has 1 rings (SSSR count). The molecule has 2 N–H and O–H groups in total. The Kier molecular flexibility index (Phi) is 6.55. The molecule has 0 bridgehead atoms. The Hall–Kier alpha value is -1.64. The fraction of sp³-hybridized carbons (Fsp3) is 0.429. The minimum Gasteiger partial charge on any atom is -0.449 e. The number of hydrogen-bond donors (Lipinski definition) is 1. The molecule has 0 saturated carbocycles. The summed E-state index contributed by atoms with van der Waals surface area (Å²) in [7, 11) is -3.83. The summed E-state index contributed by atoms with van der Waals surface area (Å²) in [6, 6.07) is 3.75. The molecule has 0 aliphatic carbocycles. The molecule has 1 aromatic carbocycles. The molecular weight excluding hydrogens is 344 g/mol. The number of nitrogens with two attached hydrogens (primary N) is 1. The molecule has 0 aliphatic heterocycles. The van der Waals surface area contributed by atoms with Crippen molar-refractivity contribution in [1.29, 1.82) is 0 Å². The van der Waals surface area contributed by atoms with Gasteiger partial charge in [0, 0.05) is 13.1 Å². The van der Waals surface area contributed by atoms with Gasteiger partial charge in [0.2, 0.25) is 10.0 Å². The number of esters is 1. The zero-order chi connectivity index (χ0) is 17.8. The van der Waals surface area contributed by atoms with E-state index in [-0.39, 0.29) is 28.6 Å². The predicted molar refractivity (Wildman–Crippen MR) is 85.6 cm³/mol. The van der Waals surface area contributed by atoms with Crippen LogP contribution in [-0.2, 0) is 19.6 Å². The van der Waals surface area contributed by atoms with Gasteiger partial charge in [0.25, 0.3) is 5.91 Å². The molecule has 1 aromatic rings. The van der Waals surface area contributed by atoms with Crippen LogP contribution in [0.15, 0.2) is 23.1 Å². The number of nitrogens with zero attached hydrogens (tertiary/aromatic N) is 1. The second-order valence-electron chi connectivity index (χ2n) is 4.68. The van der Waals surface area contributed by atoms with Crippen molar-refractivity contribution in [2.45, 2.75) is 31.8 Å². The van der Waals surface area contributed by atoms with Crippen molar-refractivity contribution in [3.05, 3.63) is 28.8 Å². The smallest absolute Gasteiger partial charge is 0.338 e. The maximum Gasteiger partial charge on any atom is 0.338 e. The topological polar surface area (TPSA) is 107 Å². The summed E-state index contributed by atoms with van der Waals surface area (Å²) in [5.41, 5.74) is 4.99. The number of carbonyl (C=O) groups excluding carboxylic acids is 2. The monoisotopic (exact) mass is 362 g/mol. The first-order chi connectivity index (χ1) is 10.6. The van der Waals surface area contributed by atoms with Crippen LogP contribution in [0, 0.1) is 0 Å². The number of halogens is 1. The van der Waals surface area contributed by atoms with Crippen molar-refractivity contribution in [1.82, 2.24) is 4.31 Å². The van der Waals surface area contributed by atoms with Gasteiger partial charge in [-0.1, -0.05) is 25.4 Å². The van der Waals surface area contributed by atoms with Gasteiger partial charge in [-0.25, -0.2) is 13.2 Å². The molecule has 0 fully saturated rings. The lowest BCUT2D eigenvalue weighted by molar-refractivity contribution is -0.125. The van der Waals surface area contributed by atoms with Crippen LogP contribution in [0.25, 0.3) is 0 Å². The number of ether oxygens (including phenoxy) is 1. The molecule has 1 unspecified atom stereocenters. The molecule has 1 amide bonds. The molecular formula is C14H19ClN2O5S. The lowest BCUT2D eigenvalue weighted by Gasteiger charge is -2.19. The van der Waals surface area contributed by atoms with Crippen molar-refractivity contribution in [2.75, 3.05) is 13.1 Å². The number of benzene rings is 1. The number of sulfonamides is 1. The third kappa shape index (κ3) is 4.43. The highest BCUT2D eigenvalue weighted by Crippen LogP contribution is 2.26. The summed E-state index contributed by atoms with van der Waals surface area (Å²) < 4.78 is 31.1. The lowest BCUT2D eigenvalue weighted by atomic mass is 10.2. The largest absolute Gasteiger partial charge is 0.449 e. The SMILES string of the molecule is CCN(CC)S(=O)(=O)c1cc(C(=O)OC(C)C(N)=O)ccc1Cl. The quantitative estimate of drug-likeness (QED) is 0.738. The normalized spacial score (nSPS) is 12.9. The number of amides is 1. The Bertz CT molecular complexity index is 701. The van der Waals surface area contributed by atoms with E-state index in [0.717, 1.165) is 6.07 Å². The van der Waals surface area contributed by atoms with E-state index in [1.54, 1.807) is 13.8 Å². The van der Waals surface area contributed by atoms with Crippen molar-refractivity contribution < 1.29 is 22.7 Å². The first-order valence-electron chi connectivity index (χ1n) is 6.95. The van der Waals surface area contributed by atoms with Gasteiger partial charge in [0.1, 0.15) is 4.90 Å². The standard InChI is InChI=1S/C14H19ClN2O5S/c1-4-17(5-2)23(20,21)12-8-10(6-7-11(12)15)14(19)22-9(3)13(16)18/h6-9H,4-5H2,1-3H3,(H2,16,18). The zero-order valence-electron chi connectivity index (χ0n) is 13.1. The molecule has 7 nitrogen and oxygen atoms in total. The molecule has 0 saturated heterocycles. The fourth-order valence-electron chi connectivity index (χ4n) is 1.82. The first-order valence-corrected chi connectivity index (χ1v) is 8.76. The molecule has 9 heteroatoms. The summed E-state index contributed by atoms with van der Waals surface area (Å²) in [5, 5.41) is -0.00333. The second kappa shape index (κ2) is 7.76. The van der Waals surface area contributed by atoms with Gasteiger partial charge in [0.15, 0.2) is 6.10 Å². The molecule has 23 heavy (non-hydrogen) atoms. The van der Waals surface area contributed by atoms with E-state index in [1.807, 2.05) is 0 Å². The number of rotatable bonds is 7. The third-order valence-electron chi connectivity index (χ3n) is 3.17. The Morgan fingerprint density at radius 2 is 1.87 bits per heavy atom. The Labute approximate surface area is 140 Å². The Morgan fingerprint density at radius 3 is 2.35 bits per heavy atom. The zero-order valence-corrected chi connectivity index (χ0v) is 14.6. The molecule has 1 atom stereocenters. The maximum atomic E-state index is 12.5. The lowest BCUT2D eigenvalue weighted by Crippen LogP contribution is -2.31. The Morgan fingerprint density at radius 1 is 1.30 bits per heavy atom. The molecule has 0 radical (unpaired) electrons. The molecule has 0 aromatic heterocycles. The van der Waals surface area contributed by atoms with Gasteiger partial charge >= 0.3 is 5.97 Å². The van der Waals surface area contributed by atoms with Crippen LogP contribution in [0.2, 0.25) is 5.02 Å². The van der Waals surface area contributed by atoms with Crippen molar-refractivity contribution in [2.24, 2.45) is 5.73 Å². The van der Waals surface area contributed by atoms with Crippen LogP contribution >= 0.6 is 11.6 Å². The van der Waals surface area contributed by atoms with Gasteiger partial charge < -0.3 is 10.5 Å². The van der Waals surface area contributed by atoms with Crippen molar-refractivity contribution in [3.63, 3.8) is 0 Å². The fourth-order valence-corrected chi connectivity index (χ4v) is 3.78. The van der Waals surface area contributed by atoms with Crippen LogP contribution in [-0.4, -0.2) is 43.8 Å². The van der Waals surface area contributed by atoms with E-state index in [9.17, 15) is 18.0 Å². The minimum absolute atomic E-state index is 0.00333. The van der Waals surface area contributed by atoms with Gasteiger partial charge in [-0.15, -0.1) is 0 Å². The van der Waals surface area contributed by atoms with E-state index < -0.39 is 28.0 Å². The Balaban J connectivity index is 3.23. The van der Waals surface area contributed by atoms with Crippen molar-refractivity contribution >= 4 is 33.5 Å². The number of primary amides is 1. The van der Waals surface area contributed by atoms with E-state index in [4.69, 9.17) is 22.1 Å². The van der Waals surface area contributed by atoms with Crippen LogP contribution in [0.4, 0.5) is 0 Å². The van der Waals surface area contributed by atoms with Gasteiger partial charge in [0.05, 0.1) is 10.6 Å². The highest BCUT2D eigenvalue weighted by Gasteiger charge is 2.26. The van der Waals surface area contributed by atoms with E-state index >= 15 is 0 Å². The van der Waals surface area contributed by atoms with Gasteiger partial charge in [-0.3, -0.25) is 4.79 Å². The molecule has 0 aliphatic rings. The highest BCUT2D eigenvalue weighted by molar-refractivity contribution is 7.89. The predicted octanol–water partition coefficient (Wildman–Crippen LogP) is 1.40. The van der Waals surface area contributed by atoms with Crippen LogP contribution in [0.1, 0.15) is 31.1 Å². The number of hydrogen-bond acceptors (Lipinski definition) is 5. The highest BCUT2D eigenvalue weighted by atomic mass is 35.5. The molecule has 0 heterocycles. The maximum absolute atomic E-state index is 12.5. The summed E-state index contributed by atoms with van der Waals surface area (Å²) in [4.78, 5) is 22.7. The van der Waals surface area contributed by atoms with Gasteiger partial charge in [-0.05, 0) is 25.1 Å².